The van der Waals surface area contributed by atoms with E-state index in [9.17, 15) is 4.79 Å². The predicted octanol–water partition coefficient (Wildman–Crippen LogP) is 1.17. The van der Waals surface area contributed by atoms with Crippen LogP contribution in [0, 0.1) is 5.92 Å². The average Bonchev–Trinajstić information content (AvgIpc) is 2.36. The Balaban J connectivity index is 1.96. The Bertz CT molecular complexity index is 445. The van der Waals surface area contributed by atoms with Crippen LogP contribution >= 0.6 is 11.6 Å². The minimum Gasteiger partial charge on any atom is -0.393 e. The normalized spacial score (nSPS) is 23.6. The van der Waals surface area contributed by atoms with E-state index in [1.165, 1.54) is 6.33 Å². The van der Waals surface area contributed by atoms with Crippen LogP contribution in [0.25, 0.3) is 0 Å². The van der Waals surface area contributed by atoms with Gasteiger partial charge >= 0.3 is 0 Å². The Morgan fingerprint density at radius 2 is 2.00 bits per heavy atom. The first-order chi connectivity index (χ1) is 8.58. The molecular formula is C11H16ClN5O. The minimum absolute atomic E-state index is 0.00520. The summed E-state index contributed by atoms with van der Waals surface area (Å²) < 4.78 is 0. The maximum atomic E-state index is 11.1. The number of anilines is 2. The van der Waals surface area contributed by atoms with E-state index in [0.717, 1.165) is 25.7 Å². The molecule has 1 aromatic heterocycles. The molecule has 0 saturated heterocycles. The third-order valence-corrected chi connectivity index (χ3v) is 3.61. The van der Waals surface area contributed by atoms with E-state index in [1.807, 2.05) is 0 Å². The van der Waals surface area contributed by atoms with Crippen molar-refractivity contribution in [1.29, 1.82) is 0 Å². The van der Waals surface area contributed by atoms with Gasteiger partial charge in [-0.05, 0) is 25.7 Å². The van der Waals surface area contributed by atoms with Gasteiger partial charge in [-0.3, -0.25) is 4.79 Å². The maximum absolute atomic E-state index is 11.1. The van der Waals surface area contributed by atoms with Crippen LogP contribution in [0.5, 0.6) is 0 Å². The van der Waals surface area contributed by atoms with Crippen molar-refractivity contribution in [1.82, 2.24) is 9.97 Å². The van der Waals surface area contributed by atoms with Crippen LogP contribution in [0.4, 0.5) is 11.5 Å². The van der Waals surface area contributed by atoms with Gasteiger partial charge in [0.1, 0.15) is 12.0 Å². The van der Waals surface area contributed by atoms with Crippen LogP contribution in [0.1, 0.15) is 25.7 Å². The molecule has 0 radical (unpaired) electrons. The molecule has 98 valence electrons. The number of nitrogens with two attached hydrogens (primary N) is 2. The molecule has 6 nitrogen and oxygen atoms in total. The quantitative estimate of drug-likeness (QED) is 0.714. The van der Waals surface area contributed by atoms with E-state index in [1.54, 1.807) is 0 Å². The van der Waals surface area contributed by atoms with Gasteiger partial charge in [-0.15, -0.1) is 0 Å². The van der Waals surface area contributed by atoms with Crippen molar-refractivity contribution in [3.8, 4) is 0 Å². The first-order valence-electron chi connectivity index (χ1n) is 5.89. The van der Waals surface area contributed by atoms with Crippen molar-refractivity contribution in [3.05, 3.63) is 11.5 Å². The van der Waals surface area contributed by atoms with E-state index in [-0.39, 0.29) is 23.0 Å². The number of amides is 1. The van der Waals surface area contributed by atoms with Gasteiger partial charge in [0.25, 0.3) is 0 Å². The summed E-state index contributed by atoms with van der Waals surface area (Å²) >= 11 is 5.82. The SMILES string of the molecule is NC(=O)C1CCC(Nc2ncnc(Cl)c2N)CC1. The number of nitrogens with zero attached hydrogens (tertiary/aromatic N) is 2. The Labute approximate surface area is 110 Å². The third kappa shape index (κ3) is 2.81. The highest BCUT2D eigenvalue weighted by molar-refractivity contribution is 6.32. The van der Waals surface area contributed by atoms with Crippen LogP contribution < -0.4 is 16.8 Å². The Kier molecular flexibility index (Phi) is 3.86. The molecule has 1 aliphatic carbocycles. The Hall–Kier alpha value is -1.56. The van der Waals surface area contributed by atoms with E-state index >= 15 is 0 Å². The lowest BCUT2D eigenvalue weighted by Gasteiger charge is -2.28. The molecule has 0 unspecified atom stereocenters. The second-order valence-corrected chi connectivity index (χ2v) is 4.88. The summed E-state index contributed by atoms with van der Waals surface area (Å²) in [6, 6.07) is 0.244. The summed E-state index contributed by atoms with van der Waals surface area (Å²) in [6.07, 6.45) is 4.71. The fourth-order valence-electron chi connectivity index (χ4n) is 2.20. The highest BCUT2D eigenvalue weighted by Crippen LogP contribution is 2.28. The lowest BCUT2D eigenvalue weighted by Crippen LogP contribution is -2.32. The van der Waals surface area contributed by atoms with Crippen molar-refractivity contribution >= 4 is 29.0 Å². The van der Waals surface area contributed by atoms with E-state index < -0.39 is 0 Å². The fraction of sp³-hybridized carbons (Fsp3) is 0.545. The average molecular weight is 270 g/mol. The molecule has 1 aromatic rings. The molecule has 0 aliphatic heterocycles. The first-order valence-corrected chi connectivity index (χ1v) is 6.27. The number of carbonyl (C=O) groups is 1. The summed E-state index contributed by atoms with van der Waals surface area (Å²) in [5, 5.41) is 3.49. The molecule has 2 rings (SSSR count). The van der Waals surface area contributed by atoms with Gasteiger partial charge in [0, 0.05) is 12.0 Å². The van der Waals surface area contributed by atoms with Crippen LogP contribution in [0.15, 0.2) is 6.33 Å². The summed E-state index contributed by atoms with van der Waals surface area (Å²) in [4.78, 5) is 18.9. The number of hydrogen-bond acceptors (Lipinski definition) is 5. The molecule has 0 spiro atoms. The number of aromatic nitrogens is 2. The lowest BCUT2D eigenvalue weighted by molar-refractivity contribution is -0.122. The smallest absolute Gasteiger partial charge is 0.220 e. The maximum Gasteiger partial charge on any atom is 0.220 e. The standard InChI is InChI=1S/C11H16ClN5O/c12-9-8(13)11(16-5-15-9)17-7-3-1-6(2-4-7)10(14)18/h5-7H,1-4,13H2,(H2,14,18)(H,15,16,17). The molecule has 18 heavy (non-hydrogen) atoms. The van der Waals surface area contributed by atoms with Crippen LogP contribution in [0.3, 0.4) is 0 Å². The van der Waals surface area contributed by atoms with E-state index in [0.29, 0.717) is 11.5 Å². The third-order valence-electron chi connectivity index (χ3n) is 3.31. The summed E-state index contributed by atoms with van der Waals surface area (Å²) in [6.45, 7) is 0. The zero-order valence-electron chi connectivity index (χ0n) is 9.90. The number of nitrogen functional groups attached to an aromatic ring is 1. The predicted molar refractivity (Wildman–Crippen MR) is 70.0 cm³/mol. The largest absolute Gasteiger partial charge is 0.393 e. The second-order valence-electron chi connectivity index (χ2n) is 4.52. The number of halogens is 1. The zero-order chi connectivity index (χ0) is 13.1. The number of primary amides is 1. The first kappa shape index (κ1) is 12.9. The highest BCUT2D eigenvalue weighted by atomic mass is 35.5. The molecule has 1 aliphatic rings. The van der Waals surface area contributed by atoms with Crippen LogP contribution in [-0.2, 0) is 4.79 Å². The van der Waals surface area contributed by atoms with Gasteiger partial charge in [-0.2, -0.15) is 0 Å². The molecule has 1 heterocycles. The van der Waals surface area contributed by atoms with Gasteiger partial charge in [-0.1, -0.05) is 11.6 Å². The molecule has 0 atom stereocenters. The molecule has 7 heteroatoms. The minimum atomic E-state index is -0.210. The monoisotopic (exact) mass is 269 g/mol. The lowest BCUT2D eigenvalue weighted by atomic mass is 9.85. The molecule has 1 amide bonds. The topological polar surface area (TPSA) is 107 Å². The molecule has 0 bridgehead atoms. The number of nitrogens with one attached hydrogen (secondary N) is 1. The van der Waals surface area contributed by atoms with E-state index in [4.69, 9.17) is 23.1 Å². The highest BCUT2D eigenvalue weighted by Gasteiger charge is 2.25. The molecule has 5 N–H and O–H groups in total. The second kappa shape index (κ2) is 5.39. The van der Waals surface area contributed by atoms with Crippen LogP contribution in [0.2, 0.25) is 5.15 Å². The summed E-state index contributed by atoms with van der Waals surface area (Å²) in [5.41, 5.74) is 11.4. The van der Waals surface area contributed by atoms with Crippen molar-refractivity contribution < 1.29 is 4.79 Å². The fourth-order valence-corrected chi connectivity index (χ4v) is 2.34. The summed E-state index contributed by atoms with van der Waals surface area (Å²) in [7, 11) is 0. The van der Waals surface area contributed by atoms with Crippen molar-refractivity contribution in [3.63, 3.8) is 0 Å². The van der Waals surface area contributed by atoms with Gasteiger partial charge in [-0.25, -0.2) is 9.97 Å². The molecule has 1 fully saturated rings. The molecule has 1 saturated carbocycles. The number of hydrogen-bond donors (Lipinski definition) is 3. The summed E-state index contributed by atoms with van der Waals surface area (Å²) in [5.74, 6) is 0.338. The zero-order valence-corrected chi connectivity index (χ0v) is 10.7. The molecular weight excluding hydrogens is 254 g/mol. The van der Waals surface area contributed by atoms with Gasteiger partial charge in [0.15, 0.2) is 11.0 Å². The van der Waals surface area contributed by atoms with Crippen molar-refractivity contribution in [2.45, 2.75) is 31.7 Å². The van der Waals surface area contributed by atoms with Gasteiger partial charge in [0.2, 0.25) is 5.91 Å². The van der Waals surface area contributed by atoms with Gasteiger partial charge < -0.3 is 16.8 Å². The van der Waals surface area contributed by atoms with Crippen molar-refractivity contribution in [2.75, 3.05) is 11.1 Å². The molecule has 0 aromatic carbocycles. The van der Waals surface area contributed by atoms with Crippen LogP contribution in [-0.4, -0.2) is 21.9 Å². The van der Waals surface area contributed by atoms with E-state index in [2.05, 4.69) is 15.3 Å². The Morgan fingerprint density at radius 3 is 2.61 bits per heavy atom. The number of rotatable bonds is 3. The van der Waals surface area contributed by atoms with Crippen molar-refractivity contribution in [2.24, 2.45) is 11.7 Å². The van der Waals surface area contributed by atoms with Gasteiger partial charge in [0.05, 0.1) is 0 Å². The number of carbonyl (C=O) groups excluding carboxylic acids is 1. The Morgan fingerprint density at radius 1 is 1.33 bits per heavy atom.